The van der Waals surface area contributed by atoms with Crippen molar-refractivity contribution < 1.29 is 9.63 Å². The van der Waals surface area contributed by atoms with Gasteiger partial charge in [0, 0.05) is 10.8 Å². The van der Waals surface area contributed by atoms with Gasteiger partial charge in [0.05, 0.1) is 17.8 Å². The molecular formula is C13H22N4O2. The SMILES string of the molecule is CC(C)(C)C1=NN=NC1.CC(C)(C)C1=NOC(=O)C1. The maximum absolute atomic E-state index is 10.6. The lowest BCUT2D eigenvalue weighted by atomic mass is 9.88. The zero-order valence-electron chi connectivity index (χ0n) is 12.5. The molecule has 0 radical (unpaired) electrons. The Morgan fingerprint density at radius 2 is 1.58 bits per heavy atom. The number of carbonyl (C=O) groups excluding carboxylic acids is 1. The summed E-state index contributed by atoms with van der Waals surface area (Å²) in [4.78, 5) is 15.0. The quantitative estimate of drug-likeness (QED) is 0.631. The monoisotopic (exact) mass is 266 g/mol. The number of rotatable bonds is 0. The van der Waals surface area contributed by atoms with E-state index < -0.39 is 0 Å². The summed E-state index contributed by atoms with van der Waals surface area (Å²) in [5.41, 5.74) is 2.01. The van der Waals surface area contributed by atoms with E-state index in [0.717, 1.165) is 11.4 Å². The van der Waals surface area contributed by atoms with Crippen molar-refractivity contribution in [1.29, 1.82) is 0 Å². The minimum atomic E-state index is -0.245. The van der Waals surface area contributed by atoms with Crippen LogP contribution in [0.2, 0.25) is 0 Å². The van der Waals surface area contributed by atoms with E-state index in [4.69, 9.17) is 0 Å². The van der Waals surface area contributed by atoms with Crippen LogP contribution in [0.25, 0.3) is 0 Å². The molecule has 106 valence electrons. The Kier molecular flexibility index (Phi) is 4.55. The lowest BCUT2D eigenvalue weighted by Crippen LogP contribution is -2.20. The van der Waals surface area contributed by atoms with Gasteiger partial charge in [-0.2, -0.15) is 5.11 Å². The van der Waals surface area contributed by atoms with Crippen LogP contribution < -0.4 is 0 Å². The maximum atomic E-state index is 10.6. The number of nitrogens with zero attached hydrogens (tertiary/aromatic N) is 4. The first-order chi connectivity index (χ1) is 8.60. The van der Waals surface area contributed by atoms with Crippen molar-refractivity contribution in [3.05, 3.63) is 0 Å². The molecule has 0 spiro atoms. The number of carbonyl (C=O) groups is 1. The summed E-state index contributed by atoms with van der Waals surface area (Å²) in [5, 5.41) is 14.8. The summed E-state index contributed by atoms with van der Waals surface area (Å²) in [6, 6.07) is 0. The van der Waals surface area contributed by atoms with Crippen molar-refractivity contribution in [1.82, 2.24) is 0 Å². The molecule has 6 heteroatoms. The van der Waals surface area contributed by atoms with Gasteiger partial charge >= 0.3 is 5.97 Å². The molecule has 0 aromatic carbocycles. The molecule has 0 amide bonds. The average molecular weight is 266 g/mol. The summed E-state index contributed by atoms with van der Waals surface area (Å²) in [7, 11) is 0. The van der Waals surface area contributed by atoms with Crippen molar-refractivity contribution in [2.24, 2.45) is 31.4 Å². The first-order valence-electron chi connectivity index (χ1n) is 6.31. The van der Waals surface area contributed by atoms with Crippen molar-refractivity contribution in [3.63, 3.8) is 0 Å². The number of hydrogen-bond acceptors (Lipinski definition) is 6. The Balaban J connectivity index is 0.000000191. The topological polar surface area (TPSA) is 75.7 Å². The fourth-order valence-electron chi connectivity index (χ4n) is 1.31. The summed E-state index contributed by atoms with van der Waals surface area (Å²) < 4.78 is 0. The predicted molar refractivity (Wildman–Crippen MR) is 74.2 cm³/mol. The highest BCUT2D eigenvalue weighted by Crippen LogP contribution is 2.22. The van der Waals surface area contributed by atoms with Gasteiger partial charge in [0.2, 0.25) is 0 Å². The van der Waals surface area contributed by atoms with Gasteiger partial charge in [-0.05, 0) is 5.22 Å². The third kappa shape index (κ3) is 4.89. The molecule has 6 nitrogen and oxygen atoms in total. The molecule has 0 aromatic rings. The zero-order valence-corrected chi connectivity index (χ0v) is 12.5. The van der Waals surface area contributed by atoms with Crippen LogP contribution in [-0.2, 0) is 9.63 Å². The summed E-state index contributed by atoms with van der Waals surface area (Å²) in [6.07, 6.45) is 0.351. The lowest BCUT2D eigenvalue weighted by molar-refractivity contribution is -0.140. The second-order valence-electron chi connectivity index (χ2n) is 6.61. The van der Waals surface area contributed by atoms with Crippen LogP contribution in [0.15, 0.2) is 20.6 Å². The minimum Gasteiger partial charge on any atom is -0.318 e. The molecule has 0 saturated carbocycles. The molecule has 2 aliphatic heterocycles. The van der Waals surface area contributed by atoms with Crippen molar-refractivity contribution in [2.45, 2.75) is 48.0 Å². The highest BCUT2D eigenvalue weighted by Gasteiger charge is 2.27. The van der Waals surface area contributed by atoms with E-state index in [2.05, 4.69) is 46.2 Å². The van der Waals surface area contributed by atoms with Crippen LogP contribution >= 0.6 is 0 Å². The maximum Gasteiger partial charge on any atom is 0.340 e. The Morgan fingerprint density at radius 1 is 1.00 bits per heavy atom. The first-order valence-corrected chi connectivity index (χ1v) is 6.31. The second kappa shape index (κ2) is 5.59. The van der Waals surface area contributed by atoms with Gasteiger partial charge in [0.25, 0.3) is 0 Å². The van der Waals surface area contributed by atoms with E-state index in [1.54, 1.807) is 0 Å². The molecule has 0 N–H and O–H groups in total. The van der Waals surface area contributed by atoms with Crippen molar-refractivity contribution in [3.8, 4) is 0 Å². The smallest absolute Gasteiger partial charge is 0.318 e. The van der Waals surface area contributed by atoms with E-state index in [1.807, 2.05) is 20.8 Å². The molecule has 2 heterocycles. The van der Waals surface area contributed by atoms with Crippen LogP contribution in [-0.4, -0.2) is 23.9 Å². The Hall–Kier alpha value is -1.59. The van der Waals surface area contributed by atoms with E-state index in [9.17, 15) is 4.79 Å². The normalized spacial score (nSPS) is 18.5. The van der Waals surface area contributed by atoms with Gasteiger partial charge in [0.15, 0.2) is 0 Å². The van der Waals surface area contributed by atoms with Crippen molar-refractivity contribution >= 4 is 17.4 Å². The Bertz CT molecular complexity index is 437. The molecule has 0 bridgehead atoms. The highest BCUT2D eigenvalue weighted by atomic mass is 16.7. The van der Waals surface area contributed by atoms with E-state index in [1.165, 1.54) is 0 Å². The summed E-state index contributed by atoms with van der Waals surface area (Å²) in [5.74, 6) is -0.245. The molecule has 0 aromatic heterocycles. The van der Waals surface area contributed by atoms with Gasteiger partial charge < -0.3 is 4.84 Å². The summed E-state index contributed by atoms with van der Waals surface area (Å²) >= 11 is 0. The van der Waals surface area contributed by atoms with Crippen LogP contribution in [0.3, 0.4) is 0 Å². The van der Waals surface area contributed by atoms with Gasteiger partial charge in [-0.15, -0.1) is 5.10 Å². The van der Waals surface area contributed by atoms with E-state index in [0.29, 0.717) is 13.0 Å². The molecule has 0 atom stereocenters. The lowest BCUT2D eigenvalue weighted by Gasteiger charge is -2.15. The fraction of sp³-hybridized carbons (Fsp3) is 0.769. The molecule has 0 fully saturated rings. The molecule has 2 rings (SSSR count). The average Bonchev–Trinajstić information content (AvgIpc) is 2.84. The van der Waals surface area contributed by atoms with Gasteiger partial charge in [-0.25, -0.2) is 4.79 Å². The first kappa shape index (κ1) is 15.5. The summed E-state index contributed by atoms with van der Waals surface area (Å²) in [6.45, 7) is 13.0. The van der Waals surface area contributed by atoms with Crippen LogP contribution in [0.4, 0.5) is 0 Å². The molecule has 0 saturated heterocycles. The Morgan fingerprint density at radius 3 is 1.79 bits per heavy atom. The van der Waals surface area contributed by atoms with E-state index in [-0.39, 0.29) is 16.8 Å². The van der Waals surface area contributed by atoms with Gasteiger partial charge in [-0.3, -0.25) is 0 Å². The van der Waals surface area contributed by atoms with Gasteiger partial charge in [-0.1, -0.05) is 46.7 Å². The van der Waals surface area contributed by atoms with Crippen molar-refractivity contribution in [2.75, 3.05) is 6.54 Å². The molecular weight excluding hydrogens is 244 g/mol. The highest BCUT2D eigenvalue weighted by molar-refractivity contribution is 6.04. The molecule has 19 heavy (non-hydrogen) atoms. The van der Waals surface area contributed by atoms with Gasteiger partial charge in [0.1, 0.15) is 6.54 Å². The molecule has 0 unspecified atom stereocenters. The molecule has 0 aliphatic carbocycles. The standard InChI is InChI=1S/C7H11NO2.C6H11N3/c1-7(2,3)5-4-6(9)10-8-5;1-6(2,3)5-4-7-9-8-5/h4H2,1-3H3;4H2,1-3H3. The van der Waals surface area contributed by atoms with Crippen LogP contribution in [0.1, 0.15) is 48.0 Å². The minimum absolute atomic E-state index is 0.0356. The number of hydrogen-bond donors (Lipinski definition) is 0. The van der Waals surface area contributed by atoms with E-state index >= 15 is 0 Å². The fourth-order valence-corrected chi connectivity index (χ4v) is 1.31. The third-order valence-corrected chi connectivity index (χ3v) is 2.75. The Labute approximate surface area is 114 Å². The second-order valence-corrected chi connectivity index (χ2v) is 6.61. The van der Waals surface area contributed by atoms with Crippen LogP contribution in [0.5, 0.6) is 0 Å². The molecule has 2 aliphatic rings. The third-order valence-electron chi connectivity index (χ3n) is 2.75. The zero-order chi connectivity index (χ0) is 14.7. The number of oxime groups is 1. The predicted octanol–water partition coefficient (Wildman–Crippen LogP) is 3.19. The van der Waals surface area contributed by atoms with Crippen LogP contribution in [0, 0.1) is 10.8 Å². The largest absolute Gasteiger partial charge is 0.340 e.